The molecule has 0 saturated carbocycles. The maximum Gasteiger partial charge on any atom is 0.141 e. The van der Waals surface area contributed by atoms with Crippen molar-refractivity contribution in [2.75, 3.05) is 17.6 Å². The van der Waals surface area contributed by atoms with Crippen molar-refractivity contribution in [1.29, 1.82) is 0 Å². The summed E-state index contributed by atoms with van der Waals surface area (Å²) in [4.78, 5) is 8.86. The lowest BCUT2D eigenvalue weighted by molar-refractivity contribution is -0.0976. The molecule has 39 heavy (non-hydrogen) atoms. The number of hydroxylamine groups is 2. The van der Waals surface area contributed by atoms with Crippen molar-refractivity contribution in [1.82, 2.24) is 15.0 Å². The molecule has 0 fully saturated rings. The van der Waals surface area contributed by atoms with Crippen LogP contribution in [0.3, 0.4) is 0 Å². The number of rotatable bonds is 11. The second-order valence-electron chi connectivity index (χ2n) is 8.97. The molecule has 3 N–H and O–H groups in total. The van der Waals surface area contributed by atoms with Gasteiger partial charge in [0.25, 0.3) is 0 Å². The van der Waals surface area contributed by atoms with Crippen LogP contribution in [0, 0.1) is 12.7 Å². The van der Waals surface area contributed by atoms with Gasteiger partial charge in [-0.2, -0.15) is 5.06 Å². The first-order valence-corrected chi connectivity index (χ1v) is 13.2. The van der Waals surface area contributed by atoms with E-state index in [2.05, 4.69) is 15.3 Å². The molecule has 2 aromatic heterocycles. The SMILES string of the molecule is Cc1cc(Nc2ncnc3ccc(-c4ccc(CN(O)CCSO)o4)cc23)ccc1OCc1cccc(F)c1. The summed E-state index contributed by atoms with van der Waals surface area (Å²) in [5.74, 6) is 2.73. The topological polar surface area (TPSA) is 104 Å². The van der Waals surface area contributed by atoms with Crippen LogP contribution < -0.4 is 10.1 Å². The Labute approximate surface area is 229 Å². The Morgan fingerprint density at radius 1 is 1.05 bits per heavy atom. The Morgan fingerprint density at radius 2 is 1.95 bits per heavy atom. The Hall–Kier alpha value is -3.96. The van der Waals surface area contributed by atoms with Gasteiger partial charge in [0.05, 0.1) is 12.1 Å². The predicted molar refractivity (Wildman–Crippen MR) is 150 cm³/mol. The van der Waals surface area contributed by atoms with E-state index in [9.17, 15) is 9.60 Å². The maximum absolute atomic E-state index is 13.5. The molecular weight excluding hydrogens is 519 g/mol. The van der Waals surface area contributed by atoms with E-state index >= 15 is 0 Å². The van der Waals surface area contributed by atoms with Gasteiger partial charge in [0.15, 0.2) is 0 Å². The third-order valence-electron chi connectivity index (χ3n) is 6.08. The summed E-state index contributed by atoms with van der Waals surface area (Å²) >= 11 is 0.681. The molecule has 5 rings (SSSR count). The zero-order valence-corrected chi connectivity index (χ0v) is 22.0. The van der Waals surface area contributed by atoms with Gasteiger partial charge in [0.2, 0.25) is 0 Å². The first-order valence-electron chi connectivity index (χ1n) is 12.3. The van der Waals surface area contributed by atoms with Crippen LogP contribution in [0.4, 0.5) is 15.9 Å². The Bertz CT molecular complexity index is 1580. The largest absolute Gasteiger partial charge is 0.489 e. The number of anilines is 2. The molecule has 0 spiro atoms. The summed E-state index contributed by atoms with van der Waals surface area (Å²) in [7, 11) is 0. The van der Waals surface area contributed by atoms with Crippen LogP contribution in [0.25, 0.3) is 22.2 Å². The minimum absolute atomic E-state index is 0.214. The number of benzene rings is 3. The summed E-state index contributed by atoms with van der Waals surface area (Å²) in [5.41, 5.74) is 4.14. The average molecular weight is 547 g/mol. The standard InChI is InChI=1S/C29H27FN4O4S/c1-19-13-23(6-9-27(19)37-17-20-3-2-4-22(30)14-20)33-29-25-15-21(5-8-26(25)31-18-32-29)28-10-7-24(38-28)16-34(35)11-12-39-36/h2-10,13-15,18,35-36H,11-12,16-17H2,1H3,(H,31,32,33). The van der Waals surface area contributed by atoms with Gasteiger partial charge in [0, 0.05) is 28.9 Å². The third kappa shape index (κ3) is 6.73. The number of furan rings is 1. The van der Waals surface area contributed by atoms with Crippen molar-refractivity contribution >= 4 is 34.5 Å². The number of aromatic nitrogens is 2. The lowest BCUT2D eigenvalue weighted by atomic mass is 10.1. The molecule has 0 aliphatic rings. The summed E-state index contributed by atoms with van der Waals surface area (Å²) in [6.45, 7) is 2.76. The van der Waals surface area contributed by atoms with Gasteiger partial charge >= 0.3 is 0 Å². The van der Waals surface area contributed by atoms with E-state index in [0.717, 1.165) is 38.3 Å². The smallest absolute Gasteiger partial charge is 0.141 e. The minimum atomic E-state index is -0.287. The third-order valence-corrected chi connectivity index (χ3v) is 6.45. The fraction of sp³-hybridized carbons (Fsp3) is 0.172. The first kappa shape index (κ1) is 26.6. The summed E-state index contributed by atoms with van der Waals surface area (Å²) < 4.78 is 34.2. The Balaban J connectivity index is 1.32. The van der Waals surface area contributed by atoms with E-state index in [1.165, 1.54) is 18.5 Å². The Kier molecular flexibility index (Phi) is 8.38. The van der Waals surface area contributed by atoms with Gasteiger partial charge in [-0.25, -0.2) is 14.4 Å². The number of nitrogens with zero attached hydrogens (tertiary/aromatic N) is 3. The van der Waals surface area contributed by atoms with Crippen LogP contribution >= 0.6 is 12.0 Å². The van der Waals surface area contributed by atoms with Gasteiger partial charge in [-0.3, -0.25) is 0 Å². The zero-order valence-electron chi connectivity index (χ0n) is 21.2. The molecule has 5 aromatic rings. The fourth-order valence-corrected chi connectivity index (χ4v) is 4.44. The highest BCUT2D eigenvalue weighted by Gasteiger charge is 2.12. The molecule has 10 heteroatoms. The first-order chi connectivity index (χ1) is 19.0. The second-order valence-corrected chi connectivity index (χ2v) is 9.63. The molecular formula is C29H27FN4O4S. The van der Waals surface area contributed by atoms with Crippen LogP contribution in [0.1, 0.15) is 16.9 Å². The molecule has 0 bridgehead atoms. The normalized spacial score (nSPS) is 11.3. The van der Waals surface area contributed by atoms with Crippen molar-refractivity contribution in [3.8, 4) is 17.1 Å². The molecule has 0 radical (unpaired) electrons. The van der Waals surface area contributed by atoms with Crippen LogP contribution in [0.5, 0.6) is 5.75 Å². The van der Waals surface area contributed by atoms with E-state index in [0.29, 0.717) is 47.4 Å². The van der Waals surface area contributed by atoms with E-state index in [-0.39, 0.29) is 19.0 Å². The van der Waals surface area contributed by atoms with E-state index in [4.69, 9.17) is 13.7 Å². The molecule has 200 valence electrons. The monoisotopic (exact) mass is 546 g/mol. The number of nitrogens with one attached hydrogen (secondary N) is 1. The zero-order chi connectivity index (χ0) is 27.2. The fourth-order valence-electron chi connectivity index (χ4n) is 4.15. The number of halogens is 1. The molecule has 0 amide bonds. The maximum atomic E-state index is 13.5. The van der Waals surface area contributed by atoms with Crippen molar-refractivity contribution < 1.29 is 23.3 Å². The van der Waals surface area contributed by atoms with Gasteiger partial charge in [0.1, 0.15) is 41.8 Å². The summed E-state index contributed by atoms with van der Waals surface area (Å²) in [5, 5.41) is 15.3. The Morgan fingerprint density at radius 3 is 2.77 bits per heavy atom. The molecule has 8 nitrogen and oxygen atoms in total. The highest BCUT2D eigenvalue weighted by molar-refractivity contribution is 7.93. The number of aryl methyl sites for hydroxylation is 1. The second kappa shape index (κ2) is 12.3. The van der Waals surface area contributed by atoms with Crippen LogP contribution in [-0.4, -0.2) is 37.1 Å². The van der Waals surface area contributed by atoms with E-state index in [1.54, 1.807) is 6.07 Å². The highest BCUT2D eigenvalue weighted by atomic mass is 32.2. The van der Waals surface area contributed by atoms with Crippen LogP contribution in [0.15, 0.2) is 83.5 Å². The molecule has 2 heterocycles. The van der Waals surface area contributed by atoms with Gasteiger partial charge in [-0.15, -0.1) is 0 Å². The summed E-state index contributed by atoms with van der Waals surface area (Å²) in [6, 6.07) is 21.6. The molecule has 0 saturated heterocycles. The predicted octanol–water partition coefficient (Wildman–Crippen LogP) is 7.06. The van der Waals surface area contributed by atoms with Crippen molar-refractivity contribution in [3.05, 3.63) is 102 Å². The summed E-state index contributed by atoms with van der Waals surface area (Å²) in [6.07, 6.45) is 1.51. The highest BCUT2D eigenvalue weighted by Crippen LogP contribution is 2.31. The van der Waals surface area contributed by atoms with Gasteiger partial charge in [-0.1, -0.05) is 12.1 Å². The average Bonchev–Trinajstić information content (AvgIpc) is 3.40. The number of hydrogen-bond acceptors (Lipinski definition) is 9. The van der Waals surface area contributed by atoms with Crippen molar-refractivity contribution in [2.45, 2.75) is 20.1 Å². The molecule has 0 aliphatic carbocycles. The molecule has 3 aromatic carbocycles. The quantitative estimate of drug-likeness (QED) is 0.119. The molecule has 0 atom stereocenters. The number of fused-ring (bicyclic) bond motifs is 1. The minimum Gasteiger partial charge on any atom is -0.489 e. The lowest BCUT2D eigenvalue weighted by Crippen LogP contribution is -2.21. The molecule has 0 aliphatic heterocycles. The van der Waals surface area contributed by atoms with E-state index in [1.807, 2.05) is 61.5 Å². The van der Waals surface area contributed by atoms with Crippen LogP contribution in [-0.2, 0) is 13.2 Å². The van der Waals surface area contributed by atoms with Crippen molar-refractivity contribution in [2.24, 2.45) is 0 Å². The lowest BCUT2D eigenvalue weighted by Gasteiger charge is -2.13. The van der Waals surface area contributed by atoms with Gasteiger partial charge in [-0.05, 0) is 90.8 Å². The number of hydrogen-bond donors (Lipinski definition) is 3. The van der Waals surface area contributed by atoms with Crippen LogP contribution in [0.2, 0.25) is 0 Å². The van der Waals surface area contributed by atoms with Crippen molar-refractivity contribution in [3.63, 3.8) is 0 Å². The molecule has 0 unspecified atom stereocenters. The number of ether oxygens (including phenoxy) is 1. The van der Waals surface area contributed by atoms with Gasteiger partial charge < -0.3 is 24.2 Å². The van der Waals surface area contributed by atoms with E-state index < -0.39 is 0 Å².